The van der Waals surface area contributed by atoms with Crippen LogP contribution in [0.1, 0.15) is 84.1 Å². The lowest BCUT2D eigenvalue weighted by atomic mass is 9.84. The Morgan fingerprint density at radius 2 is 1.77 bits per heavy atom. The zero-order valence-electron chi connectivity index (χ0n) is 17.0. The summed E-state index contributed by atoms with van der Waals surface area (Å²) in [6.45, 7) is 8.62. The van der Waals surface area contributed by atoms with Gasteiger partial charge in [0.15, 0.2) is 0 Å². The number of benzene rings is 1. The second-order valence-corrected chi connectivity index (χ2v) is 8.03. The van der Waals surface area contributed by atoms with Crippen molar-refractivity contribution < 1.29 is 4.79 Å². The minimum atomic E-state index is 0.0586. The average molecular weight is 357 g/mol. The Kier molecular flexibility index (Phi) is 7.89. The van der Waals surface area contributed by atoms with Crippen molar-refractivity contribution in [2.24, 2.45) is 11.7 Å². The van der Waals surface area contributed by atoms with Crippen molar-refractivity contribution in [2.45, 2.75) is 84.6 Å². The standard InChI is InChI=1S/C23H36N2O/c1-5-16(2)17(3)23(18(4)24)20-11-13-21(14-12-20)25-22(26)15-19-9-7-6-8-10-19/h11-14,18-19,23H,5-10,15,24H2,1-4H3,(H,25,26). The molecule has 3 heteroatoms. The Bertz CT molecular complexity index is 610. The monoisotopic (exact) mass is 356 g/mol. The number of nitrogens with two attached hydrogens (primary N) is 1. The maximum absolute atomic E-state index is 12.3. The van der Waals surface area contributed by atoms with Gasteiger partial charge in [0.05, 0.1) is 0 Å². The molecule has 1 aliphatic carbocycles. The Hall–Kier alpha value is -1.61. The number of nitrogens with one attached hydrogen (secondary N) is 1. The highest BCUT2D eigenvalue weighted by molar-refractivity contribution is 5.90. The first-order chi connectivity index (χ1) is 12.4. The van der Waals surface area contributed by atoms with Crippen LogP contribution in [0.15, 0.2) is 35.4 Å². The number of anilines is 1. The quantitative estimate of drug-likeness (QED) is 0.609. The van der Waals surface area contributed by atoms with Crippen LogP contribution in [0.5, 0.6) is 0 Å². The highest BCUT2D eigenvalue weighted by atomic mass is 16.1. The third kappa shape index (κ3) is 5.70. The van der Waals surface area contributed by atoms with E-state index in [9.17, 15) is 4.79 Å². The van der Waals surface area contributed by atoms with Crippen LogP contribution in [0.2, 0.25) is 0 Å². The minimum absolute atomic E-state index is 0.0586. The summed E-state index contributed by atoms with van der Waals surface area (Å²) >= 11 is 0. The molecule has 0 aliphatic heterocycles. The summed E-state index contributed by atoms with van der Waals surface area (Å²) in [5, 5.41) is 3.07. The van der Waals surface area contributed by atoms with Crippen LogP contribution in [0.4, 0.5) is 5.69 Å². The van der Waals surface area contributed by atoms with Crippen LogP contribution >= 0.6 is 0 Å². The Morgan fingerprint density at radius 1 is 1.15 bits per heavy atom. The van der Waals surface area contributed by atoms with E-state index in [0.29, 0.717) is 12.3 Å². The van der Waals surface area contributed by atoms with E-state index in [1.165, 1.54) is 48.8 Å². The lowest BCUT2D eigenvalue weighted by molar-refractivity contribution is -0.117. The van der Waals surface area contributed by atoms with Gasteiger partial charge >= 0.3 is 0 Å². The lowest BCUT2D eigenvalue weighted by Gasteiger charge is -2.25. The lowest BCUT2D eigenvalue weighted by Crippen LogP contribution is -2.26. The number of carbonyl (C=O) groups excluding carboxylic acids is 1. The number of carbonyl (C=O) groups is 1. The Labute approximate surface area is 159 Å². The molecule has 2 rings (SSSR count). The summed E-state index contributed by atoms with van der Waals surface area (Å²) in [5.74, 6) is 0.934. The van der Waals surface area contributed by atoms with E-state index in [1.54, 1.807) is 0 Å². The summed E-state index contributed by atoms with van der Waals surface area (Å²) in [4.78, 5) is 12.3. The second kappa shape index (κ2) is 9.91. The summed E-state index contributed by atoms with van der Waals surface area (Å²) < 4.78 is 0. The van der Waals surface area contributed by atoms with Gasteiger partial charge in [0.1, 0.15) is 0 Å². The van der Waals surface area contributed by atoms with E-state index >= 15 is 0 Å². The van der Waals surface area contributed by atoms with Crippen molar-refractivity contribution in [1.29, 1.82) is 0 Å². The fraction of sp³-hybridized carbons (Fsp3) is 0.609. The molecule has 2 atom stereocenters. The first-order valence-electron chi connectivity index (χ1n) is 10.2. The Balaban J connectivity index is 2.03. The van der Waals surface area contributed by atoms with Gasteiger partial charge in [0.25, 0.3) is 0 Å². The molecule has 0 spiro atoms. The van der Waals surface area contributed by atoms with E-state index in [1.807, 2.05) is 12.1 Å². The van der Waals surface area contributed by atoms with E-state index in [0.717, 1.165) is 12.1 Å². The van der Waals surface area contributed by atoms with Crippen LogP contribution in [0.25, 0.3) is 0 Å². The molecule has 0 aromatic heterocycles. The van der Waals surface area contributed by atoms with Crippen LogP contribution in [0, 0.1) is 5.92 Å². The van der Waals surface area contributed by atoms with E-state index < -0.39 is 0 Å². The molecule has 3 nitrogen and oxygen atoms in total. The van der Waals surface area contributed by atoms with Gasteiger partial charge in [-0.15, -0.1) is 0 Å². The normalized spacial score (nSPS) is 18.8. The molecule has 0 radical (unpaired) electrons. The molecule has 1 amide bonds. The molecule has 0 bridgehead atoms. The van der Waals surface area contributed by atoms with Crippen molar-refractivity contribution in [1.82, 2.24) is 0 Å². The van der Waals surface area contributed by atoms with Crippen molar-refractivity contribution in [3.05, 3.63) is 41.0 Å². The van der Waals surface area contributed by atoms with E-state index in [2.05, 4.69) is 45.1 Å². The van der Waals surface area contributed by atoms with Gasteiger partial charge in [0.2, 0.25) is 5.91 Å². The number of hydrogen-bond acceptors (Lipinski definition) is 2. The third-order valence-corrected chi connectivity index (χ3v) is 5.95. The number of hydrogen-bond donors (Lipinski definition) is 2. The first kappa shape index (κ1) is 20.7. The first-order valence-corrected chi connectivity index (χ1v) is 10.2. The van der Waals surface area contributed by atoms with Crippen LogP contribution in [-0.4, -0.2) is 11.9 Å². The summed E-state index contributed by atoms with van der Waals surface area (Å²) in [6.07, 6.45) is 7.97. The summed E-state index contributed by atoms with van der Waals surface area (Å²) in [6, 6.07) is 8.30. The van der Waals surface area contributed by atoms with Crippen LogP contribution in [0.3, 0.4) is 0 Å². The molecule has 2 unspecified atom stereocenters. The van der Waals surface area contributed by atoms with Crippen molar-refractivity contribution >= 4 is 11.6 Å². The van der Waals surface area contributed by atoms with Crippen LogP contribution < -0.4 is 11.1 Å². The molecule has 3 N–H and O–H groups in total. The zero-order chi connectivity index (χ0) is 19.1. The molecule has 26 heavy (non-hydrogen) atoms. The number of rotatable bonds is 7. The zero-order valence-corrected chi connectivity index (χ0v) is 17.0. The largest absolute Gasteiger partial charge is 0.327 e. The molecule has 1 aliphatic rings. The molecule has 0 heterocycles. The molecule has 1 fully saturated rings. The maximum Gasteiger partial charge on any atom is 0.224 e. The van der Waals surface area contributed by atoms with Gasteiger partial charge in [-0.25, -0.2) is 0 Å². The molecule has 1 saturated carbocycles. The average Bonchev–Trinajstić information content (AvgIpc) is 2.63. The molecule has 0 saturated heterocycles. The van der Waals surface area contributed by atoms with Gasteiger partial charge in [-0.1, -0.05) is 49.5 Å². The highest BCUT2D eigenvalue weighted by Crippen LogP contribution is 2.31. The predicted octanol–water partition coefficient (Wildman–Crippen LogP) is 5.77. The topological polar surface area (TPSA) is 55.1 Å². The van der Waals surface area contributed by atoms with Gasteiger partial charge in [0, 0.05) is 24.1 Å². The van der Waals surface area contributed by atoms with E-state index in [4.69, 9.17) is 5.73 Å². The van der Waals surface area contributed by atoms with Gasteiger partial charge in [-0.2, -0.15) is 0 Å². The molecular formula is C23H36N2O. The highest BCUT2D eigenvalue weighted by Gasteiger charge is 2.20. The summed E-state index contributed by atoms with van der Waals surface area (Å²) in [7, 11) is 0. The molecule has 1 aromatic rings. The van der Waals surface area contributed by atoms with Crippen LogP contribution in [-0.2, 0) is 4.79 Å². The third-order valence-electron chi connectivity index (χ3n) is 5.95. The van der Waals surface area contributed by atoms with Gasteiger partial charge < -0.3 is 11.1 Å². The van der Waals surface area contributed by atoms with Gasteiger partial charge in [-0.3, -0.25) is 4.79 Å². The minimum Gasteiger partial charge on any atom is -0.327 e. The smallest absolute Gasteiger partial charge is 0.224 e. The number of amides is 1. The molecule has 1 aromatic carbocycles. The molecule has 144 valence electrons. The van der Waals surface area contributed by atoms with Crippen molar-refractivity contribution in [3.8, 4) is 0 Å². The Morgan fingerprint density at radius 3 is 2.31 bits per heavy atom. The number of allylic oxidation sites excluding steroid dienone is 1. The van der Waals surface area contributed by atoms with E-state index in [-0.39, 0.29) is 17.9 Å². The van der Waals surface area contributed by atoms with Crippen molar-refractivity contribution in [2.75, 3.05) is 5.32 Å². The van der Waals surface area contributed by atoms with Gasteiger partial charge in [-0.05, 0) is 63.6 Å². The summed E-state index contributed by atoms with van der Waals surface area (Å²) in [5.41, 5.74) is 11.1. The maximum atomic E-state index is 12.3. The fourth-order valence-electron chi connectivity index (χ4n) is 4.13. The fourth-order valence-corrected chi connectivity index (χ4v) is 4.13. The predicted molar refractivity (Wildman–Crippen MR) is 111 cm³/mol. The van der Waals surface area contributed by atoms with Crippen molar-refractivity contribution in [3.63, 3.8) is 0 Å². The second-order valence-electron chi connectivity index (χ2n) is 8.03. The molecular weight excluding hydrogens is 320 g/mol. The SMILES string of the molecule is CCC(C)=C(C)C(c1ccc(NC(=O)CC2CCCCC2)cc1)C(C)N.